The van der Waals surface area contributed by atoms with E-state index in [1.807, 2.05) is 18.2 Å². The lowest BCUT2D eigenvalue weighted by molar-refractivity contribution is 0.564. The van der Waals surface area contributed by atoms with Gasteiger partial charge in [0.2, 0.25) is 6.08 Å². The standard InChI is InChI=1S/C9H8N2O/c12-8-10-6-3-5-9-4-1-2-7-11-9/h1-5,7H,6H2. The van der Waals surface area contributed by atoms with Gasteiger partial charge in [0.1, 0.15) is 0 Å². The van der Waals surface area contributed by atoms with E-state index in [4.69, 9.17) is 0 Å². The van der Waals surface area contributed by atoms with Crippen LogP contribution in [-0.4, -0.2) is 17.6 Å². The molecular formula is C9H8N2O. The van der Waals surface area contributed by atoms with E-state index >= 15 is 0 Å². The van der Waals surface area contributed by atoms with Crippen molar-refractivity contribution < 1.29 is 4.79 Å². The molecule has 1 rings (SSSR count). The molecule has 1 heterocycles. The van der Waals surface area contributed by atoms with E-state index in [2.05, 4.69) is 9.98 Å². The van der Waals surface area contributed by atoms with Gasteiger partial charge in [0, 0.05) is 6.20 Å². The number of isocyanates is 1. The van der Waals surface area contributed by atoms with Gasteiger partial charge in [-0.1, -0.05) is 12.1 Å². The highest BCUT2D eigenvalue weighted by Gasteiger charge is 1.81. The van der Waals surface area contributed by atoms with Crippen molar-refractivity contribution in [1.29, 1.82) is 0 Å². The van der Waals surface area contributed by atoms with Crippen molar-refractivity contribution in [3.05, 3.63) is 36.2 Å². The zero-order valence-electron chi connectivity index (χ0n) is 6.47. The van der Waals surface area contributed by atoms with Crippen LogP contribution >= 0.6 is 0 Å². The monoisotopic (exact) mass is 160 g/mol. The molecule has 12 heavy (non-hydrogen) atoms. The third-order valence-corrected chi connectivity index (χ3v) is 1.24. The Kier molecular flexibility index (Phi) is 3.48. The van der Waals surface area contributed by atoms with Crippen molar-refractivity contribution in [3.63, 3.8) is 0 Å². The van der Waals surface area contributed by atoms with Gasteiger partial charge in [0.05, 0.1) is 12.2 Å². The molecule has 0 saturated heterocycles. The molecule has 3 heteroatoms. The van der Waals surface area contributed by atoms with Crippen molar-refractivity contribution in [2.75, 3.05) is 6.54 Å². The molecule has 0 atom stereocenters. The van der Waals surface area contributed by atoms with Gasteiger partial charge in [-0.25, -0.2) is 9.79 Å². The Hall–Kier alpha value is -1.73. The van der Waals surface area contributed by atoms with Crippen molar-refractivity contribution in [1.82, 2.24) is 4.98 Å². The Bertz CT molecular complexity index is 300. The van der Waals surface area contributed by atoms with Gasteiger partial charge in [-0.15, -0.1) is 0 Å². The van der Waals surface area contributed by atoms with Crippen molar-refractivity contribution in [2.24, 2.45) is 4.99 Å². The van der Waals surface area contributed by atoms with E-state index in [1.54, 1.807) is 18.3 Å². The van der Waals surface area contributed by atoms with E-state index in [-0.39, 0.29) is 0 Å². The summed E-state index contributed by atoms with van der Waals surface area (Å²) in [7, 11) is 0. The fourth-order valence-corrected chi connectivity index (χ4v) is 0.738. The second kappa shape index (κ2) is 4.99. The van der Waals surface area contributed by atoms with Crippen molar-refractivity contribution >= 4 is 12.2 Å². The van der Waals surface area contributed by atoms with Crippen LogP contribution in [0.4, 0.5) is 0 Å². The lowest BCUT2D eigenvalue weighted by Gasteiger charge is -1.87. The van der Waals surface area contributed by atoms with Crippen LogP contribution in [0, 0.1) is 0 Å². The molecule has 0 aliphatic rings. The Morgan fingerprint density at radius 2 is 2.50 bits per heavy atom. The Balaban J connectivity index is 2.52. The summed E-state index contributed by atoms with van der Waals surface area (Å²) in [5.74, 6) is 0. The maximum atomic E-state index is 9.68. The fourth-order valence-electron chi connectivity index (χ4n) is 0.738. The first-order valence-electron chi connectivity index (χ1n) is 3.54. The zero-order chi connectivity index (χ0) is 8.65. The molecule has 60 valence electrons. The molecule has 0 amide bonds. The molecule has 0 saturated carbocycles. The molecule has 1 aromatic heterocycles. The van der Waals surface area contributed by atoms with E-state index in [1.165, 1.54) is 6.08 Å². The summed E-state index contributed by atoms with van der Waals surface area (Å²) >= 11 is 0. The SMILES string of the molecule is O=C=NCC=Cc1ccccn1. The van der Waals surface area contributed by atoms with Crippen molar-refractivity contribution in [2.45, 2.75) is 0 Å². The number of rotatable bonds is 3. The average Bonchev–Trinajstić information content (AvgIpc) is 2.14. The third kappa shape index (κ3) is 2.90. The van der Waals surface area contributed by atoms with Gasteiger partial charge < -0.3 is 0 Å². The Labute approximate surface area is 70.5 Å². The maximum Gasteiger partial charge on any atom is 0.235 e. The highest BCUT2D eigenvalue weighted by Crippen LogP contribution is 1.95. The van der Waals surface area contributed by atoms with Gasteiger partial charge in [0.25, 0.3) is 0 Å². The van der Waals surface area contributed by atoms with Crippen LogP contribution in [0.5, 0.6) is 0 Å². The zero-order valence-corrected chi connectivity index (χ0v) is 6.47. The van der Waals surface area contributed by atoms with Gasteiger partial charge in [0.15, 0.2) is 0 Å². The minimum absolute atomic E-state index is 0.361. The minimum Gasteiger partial charge on any atom is -0.257 e. The van der Waals surface area contributed by atoms with Crippen LogP contribution in [0.2, 0.25) is 0 Å². The molecule has 0 spiro atoms. The molecule has 1 aromatic rings. The fraction of sp³-hybridized carbons (Fsp3) is 0.111. The molecule has 0 N–H and O–H groups in total. The summed E-state index contributed by atoms with van der Waals surface area (Å²) in [5.41, 5.74) is 0.860. The molecule has 0 bridgehead atoms. The largest absolute Gasteiger partial charge is 0.257 e. The first-order chi connectivity index (χ1) is 5.93. The number of hydrogen-bond acceptors (Lipinski definition) is 3. The molecule has 0 aliphatic carbocycles. The molecular weight excluding hydrogens is 152 g/mol. The van der Waals surface area contributed by atoms with Crippen LogP contribution in [0.1, 0.15) is 5.69 Å². The van der Waals surface area contributed by atoms with Crippen LogP contribution in [-0.2, 0) is 4.79 Å². The van der Waals surface area contributed by atoms with Gasteiger partial charge in [-0.3, -0.25) is 4.98 Å². The predicted molar refractivity (Wildman–Crippen MR) is 46.3 cm³/mol. The quantitative estimate of drug-likeness (QED) is 0.495. The van der Waals surface area contributed by atoms with Crippen LogP contribution in [0.15, 0.2) is 35.5 Å². The number of aromatic nitrogens is 1. The van der Waals surface area contributed by atoms with Crippen LogP contribution < -0.4 is 0 Å². The predicted octanol–water partition coefficient (Wildman–Crippen LogP) is 1.43. The third-order valence-electron chi connectivity index (χ3n) is 1.24. The van der Waals surface area contributed by atoms with Crippen molar-refractivity contribution in [3.8, 4) is 0 Å². The maximum absolute atomic E-state index is 9.68. The first-order valence-corrected chi connectivity index (χ1v) is 3.54. The van der Waals surface area contributed by atoms with E-state index in [0.29, 0.717) is 6.54 Å². The van der Waals surface area contributed by atoms with E-state index < -0.39 is 0 Å². The normalized spacial score (nSPS) is 9.67. The summed E-state index contributed by atoms with van der Waals surface area (Å²) in [5, 5.41) is 0. The topological polar surface area (TPSA) is 42.3 Å². The molecule has 3 nitrogen and oxygen atoms in total. The van der Waals surface area contributed by atoms with Gasteiger partial charge in [-0.2, -0.15) is 0 Å². The lowest BCUT2D eigenvalue weighted by Crippen LogP contribution is -1.77. The highest BCUT2D eigenvalue weighted by atomic mass is 16.1. The summed E-state index contributed by atoms with van der Waals surface area (Å²) in [6.45, 7) is 0.361. The van der Waals surface area contributed by atoms with Gasteiger partial charge >= 0.3 is 0 Å². The molecule has 0 aromatic carbocycles. The first kappa shape index (κ1) is 8.37. The molecule has 0 radical (unpaired) electrons. The van der Waals surface area contributed by atoms with Gasteiger partial charge in [-0.05, 0) is 18.2 Å². The summed E-state index contributed by atoms with van der Waals surface area (Å²) < 4.78 is 0. The number of aliphatic imine (C=N–C) groups is 1. The lowest BCUT2D eigenvalue weighted by atomic mass is 10.3. The number of pyridine rings is 1. The Morgan fingerprint density at radius 3 is 3.17 bits per heavy atom. The molecule has 0 unspecified atom stereocenters. The number of hydrogen-bond donors (Lipinski definition) is 0. The average molecular weight is 160 g/mol. The van der Waals surface area contributed by atoms with E-state index in [9.17, 15) is 4.79 Å². The summed E-state index contributed by atoms with van der Waals surface area (Å²) in [4.78, 5) is 17.1. The minimum atomic E-state index is 0.361. The second-order valence-electron chi connectivity index (χ2n) is 2.09. The Morgan fingerprint density at radius 1 is 1.58 bits per heavy atom. The molecule has 0 fully saturated rings. The van der Waals surface area contributed by atoms with E-state index in [0.717, 1.165) is 5.69 Å². The summed E-state index contributed by atoms with van der Waals surface area (Å²) in [6.07, 6.45) is 6.73. The number of nitrogens with zero attached hydrogens (tertiary/aromatic N) is 2. The molecule has 0 aliphatic heterocycles. The smallest absolute Gasteiger partial charge is 0.235 e. The second-order valence-corrected chi connectivity index (χ2v) is 2.09. The highest BCUT2D eigenvalue weighted by molar-refractivity contribution is 5.44. The van der Waals surface area contributed by atoms with Crippen LogP contribution in [0.3, 0.4) is 0 Å². The van der Waals surface area contributed by atoms with Crippen LogP contribution in [0.25, 0.3) is 6.08 Å². The number of carbonyl (C=O) groups excluding carboxylic acids is 1. The summed E-state index contributed by atoms with van der Waals surface area (Å²) in [6, 6.07) is 5.62.